The zero-order valence-electron chi connectivity index (χ0n) is 15.5. The van der Waals surface area contributed by atoms with E-state index in [2.05, 4.69) is 10.3 Å². The average molecular weight is 366 g/mol. The number of fused-ring (bicyclic) bond motifs is 1. The highest BCUT2D eigenvalue weighted by Crippen LogP contribution is 2.20. The third-order valence-electron chi connectivity index (χ3n) is 4.77. The van der Waals surface area contributed by atoms with E-state index >= 15 is 0 Å². The van der Waals surface area contributed by atoms with E-state index in [1.807, 2.05) is 38.1 Å². The Morgan fingerprint density at radius 3 is 2.59 bits per heavy atom. The van der Waals surface area contributed by atoms with Crippen molar-refractivity contribution in [3.63, 3.8) is 0 Å². The Labute approximate surface area is 157 Å². The van der Waals surface area contributed by atoms with Gasteiger partial charge in [-0.05, 0) is 60.5 Å². The van der Waals surface area contributed by atoms with E-state index in [-0.39, 0.29) is 23.2 Å². The second-order valence-corrected chi connectivity index (χ2v) is 6.77. The molecule has 0 aliphatic heterocycles. The van der Waals surface area contributed by atoms with Crippen LogP contribution in [0.25, 0.3) is 10.9 Å². The van der Waals surface area contributed by atoms with Crippen molar-refractivity contribution in [3.8, 4) is 0 Å². The van der Waals surface area contributed by atoms with E-state index < -0.39 is 0 Å². The number of amides is 1. The number of halogens is 1. The van der Waals surface area contributed by atoms with Gasteiger partial charge in [-0.15, -0.1) is 0 Å². The molecule has 2 aromatic carbocycles. The van der Waals surface area contributed by atoms with Gasteiger partial charge in [0.2, 0.25) is 5.91 Å². The van der Waals surface area contributed by atoms with E-state index in [1.165, 1.54) is 12.1 Å². The Balaban J connectivity index is 1.66. The van der Waals surface area contributed by atoms with Crippen molar-refractivity contribution in [3.05, 3.63) is 81.4 Å². The van der Waals surface area contributed by atoms with Gasteiger partial charge in [-0.2, -0.15) is 0 Å². The van der Waals surface area contributed by atoms with Gasteiger partial charge in [-0.1, -0.05) is 31.2 Å². The maximum absolute atomic E-state index is 13.1. The minimum atomic E-state index is -0.330. The van der Waals surface area contributed by atoms with Crippen molar-refractivity contribution in [2.45, 2.75) is 32.6 Å². The smallest absolute Gasteiger partial charge is 0.251 e. The van der Waals surface area contributed by atoms with Crippen molar-refractivity contribution < 1.29 is 9.18 Å². The molecule has 0 spiro atoms. The summed E-state index contributed by atoms with van der Waals surface area (Å²) in [6, 6.07) is 13.8. The fraction of sp³-hybridized carbons (Fsp3) is 0.273. The molecule has 0 radical (unpaired) electrons. The predicted molar refractivity (Wildman–Crippen MR) is 105 cm³/mol. The third-order valence-corrected chi connectivity index (χ3v) is 4.77. The first-order valence-electron chi connectivity index (χ1n) is 9.13. The molecule has 0 aliphatic carbocycles. The highest BCUT2D eigenvalue weighted by atomic mass is 19.1. The number of carbonyl (C=O) groups excluding carboxylic acids is 1. The summed E-state index contributed by atoms with van der Waals surface area (Å²) in [6.45, 7) is 4.27. The second-order valence-electron chi connectivity index (χ2n) is 6.77. The minimum absolute atomic E-state index is 0.114. The number of aromatic amines is 1. The van der Waals surface area contributed by atoms with E-state index in [0.29, 0.717) is 24.9 Å². The van der Waals surface area contributed by atoms with Crippen molar-refractivity contribution in [1.82, 2.24) is 10.3 Å². The number of carbonyl (C=O) groups is 1. The van der Waals surface area contributed by atoms with Crippen LogP contribution in [0.1, 0.15) is 36.0 Å². The molecular formula is C22H23FN2O2. The van der Waals surface area contributed by atoms with E-state index in [0.717, 1.165) is 22.0 Å². The number of rotatable bonds is 6. The second kappa shape index (κ2) is 8.16. The Morgan fingerprint density at radius 2 is 1.89 bits per heavy atom. The van der Waals surface area contributed by atoms with Crippen LogP contribution in [0, 0.1) is 12.7 Å². The van der Waals surface area contributed by atoms with Gasteiger partial charge in [-0.25, -0.2) is 4.39 Å². The molecule has 4 nitrogen and oxygen atoms in total. The molecule has 0 fully saturated rings. The molecule has 1 unspecified atom stereocenters. The van der Waals surface area contributed by atoms with Crippen LogP contribution in [0.4, 0.5) is 4.39 Å². The molecule has 0 aliphatic rings. The quantitative estimate of drug-likeness (QED) is 0.696. The van der Waals surface area contributed by atoms with E-state index in [4.69, 9.17) is 0 Å². The molecule has 27 heavy (non-hydrogen) atoms. The predicted octanol–water partition coefficient (Wildman–Crippen LogP) is 3.83. The van der Waals surface area contributed by atoms with Crippen molar-refractivity contribution in [1.29, 1.82) is 0 Å². The van der Waals surface area contributed by atoms with Gasteiger partial charge in [0.1, 0.15) is 5.82 Å². The first-order valence-corrected chi connectivity index (χ1v) is 9.13. The molecule has 1 heterocycles. The van der Waals surface area contributed by atoms with Crippen LogP contribution in [0.15, 0.2) is 53.3 Å². The van der Waals surface area contributed by atoms with Crippen LogP contribution in [-0.4, -0.2) is 17.4 Å². The molecule has 1 atom stereocenters. The van der Waals surface area contributed by atoms with Gasteiger partial charge in [0.05, 0.1) is 5.92 Å². The van der Waals surface area contributed by atoms with Gasteiger partial charge in [0.25, 0.3) is 5.56 Å². The molecule has 0 bridgehead atoms. The topological polar surface area (TPSA) is 62.0 Å². The number of pyridine rings is 1. The summed E-state index contributed by atoms with van der Waals surface area (Å²) in [5.74, 6) is -0.764. The number of aromatic nitrogens is 1. The first-order chi connectivity index (χ1) is 13.0. The summed E-state index contributed by atoms with van der Waals surface area (Å²) in [5, 5.41) is 3.87. The van der Waals surface area contributed by atoms with Crippen LogP contribution in [0.3, 0.4) is 0 Å². The largest absolute Gasteiger partial charge is 0.355 e. The molecule has 0 saturated heterocycles. The normalized spacial score (nSPS) is 12.1. The summed E-state index contributed by atoms with van der Waals surface area (Å²) in [5.41, 5.74) is 3.20. The van der Waals surface area contributed by atoms with Gasteiger partial charge in [0, 0.05) is 17.6 Å². The molecule has 2 N–H and O–H groups in total. The maximum atomic E-state index is 13.1. The number of H-pyrrole nitrogens is 1. The minimum Gasteiger partial charge on any atom is -0.355 e. The third kappa shape index (κ3) is 4.42. The summed E-state index contributed by atoms with van der Waals surface area (Å²) in [6.07, 6.45) is 1.07. The average Bonchev–Trinajstić information content (AvgIpc) is 2.64. The molecular weight excluding hydrogens is 343 g/mol. The van der Waals surface area contributed by atoms with Crippen LogP contribution in [-0.2, 0) is 11.2 Å². The lowest BCUT2D eigenvalue weighted by molar-refractivity contribution is -0.122. The number of hydrogen-bond donors (Lipinski definition) is 2. The highest BCUT2D eigenvalue weighted by molar-refractivity contribution is 5.83. The maximum Gasteiger partial charge on any atom is 0.251 e. The molecule has 1 amide bonds. The first kappa shape index (κ1) is 18.8. The SMILES string of the molecule is CCC(C(=O)NCCc1cc2ccc(C)cc2[nH]c1=O)c1ccc(F)cc1. The number of nitrogens with one attached hydrogen (secondary N) is 2. The van der Waals surface area contributed by atoms with Gasteiger partial charge in [0.15, 0.2) is 0 Å². The Kier molecular flexibility index (Phi) is 5.69. The van der Waals surface area contributed by atoms with E-state index in [9.17, 15) is 14.0 Å². The van der Waals surface area contributed by atoms with Crippen molar-refractivity contribution >= 4 is 16.8 Å². The molecule has 1 aromatic heterocycles. The lowest BCUT2D eigenvalue weighted by atomic mass is 9.95. The molecule has 3 rings (SSSR count). The van der Waals surface area contributed by atoms with Crippen LogP contribution < -0.4 is 10.9 Å². The van der Waals surface area contributed by atoms with Crippen molar-refractivity contribution in [2.75, 3.05) is 6.54 Å². The van der Waals surface area contributed by atoms with Crippen LogP contribution in [0.2, 0.25) is 0 Å². The lowest BCUT2D eigenvalue weighted by Crippen LogP contribution is -2.31. The lowest BCUT2D eigenvalue weighted by Gasteiger charge is -2.15. The van der Waals surface area contributed by atoms with Crippen molar-refractivity contribution in [2.24, 2.45) is 0 Å². The molecule has 0 saturated carbocycles. The molecule has 3 aromatic rings. The Bertz CT molecular complexity index is 1010. The molecule has 5 heteroatoms. The summed E-state index contributed by atoms with van der Waals surface area (Å²) in [7, 11) is 0. The number of benzene rings is 2. The monoisotopic (exact) mass is 366 g/mol. The van der Waals surface area contributed by atoms with Gasteiger partial charge in [-0.3, -0.25) is 9.59 Å². The Morgan fingerprint density at radius 1 is 1.15 bits per heavy atom. The zero-order chi connectivity index (χ0) is 19.4. The summed E-state index contributed by atoms with van der Waals surface area (Å²) >= 11 is 0. The van der Waals surface area contributed by atoms with Gasteiger partial charge >= 0.3 is 0 Å². The van der Waals surface area contributed by atoms with Crippen LogP contribution in [0.5, 0.6) is 0 Å². The number of hydrogen-bond acceptors (Lipinski definition) is 2. The summed E-state index contributed by atoms with van der Waals surface area (Å²) in [4.78, 5) is 27.7. The molecule has 140 valence electrons. The summed E-state index contributed by atoms with van der Waals surface area (Å²) < 4.78 is 13.1. The van der Waals surface area contributed by atoms with Gasteiger partial charge < -0.3 is 10.3 Å². The fourth-order valence-corrected chi connectivity index (χ4v) is 3.26. The zero-order valence-corrected chi connectivity index (χ0v) is 15.5. The Hall–Kier alpha value is -2.95. The number of aryl methyl sites for hydroxylation is 1. The van der Waals surface area contributed by atoms with E-state index in [1.54, 1.807) is 12.1 Å². The highest BCUT2D eigenvalue weighted by Gasteiger charge is 2.18. The standard InChI is InChI=1S/C22H23FN2O2/c1-3-19(15-6-8-18(23)9-7-15)22(27)24-11-10-17-13-16-5-4-14(2)12-20(16)25-21(17)26/h4-9,12-13,19H,3,10-11H2,1-2H3,(H,24,27)(H,25,26). The van der Waals surface area contributed by atoms with Crippen LogP contribution >= 0.6 is 0 Å². The fourth-order valence-electron chi connectivity index (χ4n) is 3.26.